The normalized spacial score (nSPS) is 16.6. The average molecular weight is 271 g/mol. The van der Waals surface area contributed by atoms with E-state index in [1.54, 1.807) is 7.05 Å². The summed E-state index contributed by atoms with van der Waals surface area (Å²) in [5.74, 6) is 2.27. The van der Waals surface area contributed by atoms with E-state index in [9.17, 15) is 4.79 Å². The number of thioether (sulfide) groups is 1. The van der Waals surface area contributed by atoms with E-state index in [0.29, 0.717) is 10.6 Å². The molecule has 1 aromatic heterocycles. The fourth-order valence-electron chi connectivity index (χ4n) is 1.80. The van der Waals surface area contributed by atoms with Crippen molar-refractivity contribution in [2.45, 2.75) is 6.42 Å². The number of amides is 1. The first-order valence-electron chi connectivity index (χ1n) is 5.66. The highest BCUT2D eigenvalue weighted by atomic mass is 32.2. The highest BCUT2D eigenvalue weighted by Gasteiger charge is 2.17. The molecule has 1 amide bonds. The topological polar surface area (TPSA) is 58.4 Å². The second-order valence-corrected chi connectivity index (χ2v) is 6.16. The van der Waals surface area contributed by atoms with E-state index < -0.39 is 0 Å². The maximum Gasteiger partial charge on any atom is 0.263 e. The number of anilines is 2. The molecule has 3 N–H and O–H groups in total. The summed E-state index contributed by atoms with van der Waals surface area (Å²) in [4.78, 5) is 14.5. The second kappa shape index (κ2) is 5.64. The van der Waals surface area contributed by atoms with Gasteiger partial charge in [-0.2, -0.15) is 11.8 Å². The first-order chi connectivity index (χ1) is 8.22. The minimum absolute atomic E-state index is 0.0945. The average Bonchev–Trinajstić information content (AvgIpc) is 2.57. The Kier molecular flexibility index (Phi) is 4.17. The fraction of sp³-hybridized carbons (Fsp3) is 0.545. The highest BCUT2D eigenvalue weighted by molar-refractivity contribution is 7.99. The van der Waals surface area contributed by atoms with Crippen molar-refractivity contribution in [2.24, 2.45) is 0 Å². The molecule has 0 aromatic carbocycles. The molecular formula is C11H17N3OS2. The summed E-state index contributed by atoms with van der Waals surface area (Å²) in [6, 6.07) is 1.92. The van der Waals surface area contributed by atoms with Gasteiger partial charge in [-0.25, -0.2) is 0 Å². The summed E-state index contributed by atoms with van der Waals surface area (Å²) in [5.41, 5.74) is 6.47. The van der Waals surface area contributed by atoms with Crippen molar-refractivity contribution >= 4 is 39.7 Å². The number of nitrogen functional groups attached to an aromatic ring is 1. The van der Waals surface area contributed by atoms with Gasteiger partial charge in [-0.15, -0.1) is 11.3 Å². The van der Waals surface area contributed by atoms with E-state index in [1.165, 1.54) is 23.5 Å². The monoisotopic (exact) mass is 271 g/mol. The lowest BCUT2D eigenvalue weighted by molar-refractivity contribution is 0.0968. The maximum absolute atomic E-state index is 11.6. The molecule has 0 spiro atoms. The van der Waals surface area contributed by atoms with Crippen LogP contribution in [0.25, 0.3) is 0 Å². The molecule has 0 unspecified atom stereocenters. The quantitative estimate of drug-likeness (QED) is 0.858. The van der Waals surface area contributed by atoms with Gasteiger partial charge in [0.1, 0.15) is 4.88 Å². The summed E-state index contributed by atoms with van der Waals surface area (Å²) in [5, 5.41) is 3.73. The van der Waals surface area contributed by atoms with Gasteiger partial charge < -0.3 is 16.0 Å². The summed E-state index contributed by atoms with van der Waals surface area (Å²) in [6.45, 7) is 2.10. The van der Waals surface area contributed by atoms with Crippen molar-refractivity contribution in [3.8, 4) is 0 Å². The minimum Gasteiger partial charge on any atom is -0.397 e. The van der Waals surface area contributed by atoms with E-state index in [-0.39, 0.29) is 5.91 Å². The van der Waals surface area contributed by atoms with Crippen molar-refractivity contribution in [1.82, 2.24) is 5.32 Å². The van der Waals surface area contributed by atoms with Crippen molar-refractivity contribution < 1.29 is 4.79 Å². The van der Waals surface area contributed by atoms with Crippen LogP contribution in [0.2, 0.25) is 0 Å². The SMILES string of the molecule is CNC(=O)c1sc(N2CCCSCC2)cc1N. The number of carbonyl (C=O) groups is 1. The van der Waals surface area contributed by atoms with Crippen LogP contribution in [0, 0.1) is 0 Å². The molecule has 0 aliphatic carbocycles. The molecule has 0 radical (unpaired) electrons. The molecule has 1 saturated heterocycles. The highest BCUT2D eigenvalue weighted by Crippen LogP contribution is 2.33. The summed E-state index contributed by atoms with van der Waals surface area (Å²) in [7, 11) is 1.63. The van der Waals surface area contributed by atoms with Crippen molar-refractivity contribution in [1.29, 1.82) is 0 Å². The van der Waals surface area contributed by atoms with Crippen LogP contribution in [-0.4, -0.2) is 37.6 Å². The molecule has 0 atom stereocenters. The third kappa shape index (κ3) is 2.87. The number of hydrogen-bond donors (Lipinski definition) is 2. The lowest BCUT2D eigenvalue weighted by Gasteiger charge is -2.19. The van der Waals surface area contributed by atoms with Crippen molar-refractivity contribution in [3.63, 3.8) is 0 Å². The smallest absolute Gasteiger partial charge is 0.263 e. The maximum atomic E-state index is 11.6. The number of nitrogens with two attached hydrogens (primary N) is 1. The Bertz CT molecular complexity index is 397. The predicted octanol–water partition coefficient (Wildman–Crippen LogP) is 1.63. The zero-order valence-corrected chi connectivity index (χ0v) is 11.5. The minimum atomic E-state index is -0.0945. The number of nitrogens with zero attached hydrogens (tertiary/aromatic N) is 1. The summed E-state index contributed by atoms with van der Waals surface area (Å²) < 4.78 is 0. The molecule has 17 heavy (non-hydrogen) atoms. The van der Waals surface area contributed by atoms with Crippen molar-refractivity contribution in [3.05, 3.63) is 10.9 Å². The third-order valence-corrected chi connectivity index (χ3v) is 4.97. The molecule has 2 heterocycles. The van der Waals surface area contributed by atoms with Crippen LogP contribution >= 0.6 is 23.1 Å². The van der Waals surface area contributed by atoms with Crippen molar-refractivity contribution in [2.75, 3.05) is 42.3 Å². The Morgan fingerprint density at radius 2 is 2.29 bits per heavy atom. The first-order valence-corrected chi connectivity index (χ1v) is 7.63. The van der Waals surface area contributed by atoms with E-state index >= 15 is 0 Å². The van der Waals surface area contributed by atoms with Gasteiger partial charge in [0.2, 0.25) is 0 Å². The second-order valence-electron chi connectivity index (χ2n) is 3.90. The molecular weight excluding hydrogens is 254 g/mol. The Labute approximate surface area is 110 Å². The zero-order valence-electron chi connectivity index (χ0n) is 9.86. The molecule has 1 aliphatic heterocycles. The van der Waals surface area contributed by atoms with Crippen LogP contribution in [0.3, 0.4) is 0 Å². The van der Waals surface area contributed by atoms with E-state index in [4.69, 9.17) is 5.73 Å². The van der Waals surface area contributed by atoms with Gasteiger partial charge in [-0.05, 0) is 18.2 Å². The van der Waals surface area contributed by atoms with Crippen LogP contribution in [-0.2, 0) is 0 Å². The summed E-state index contributed by atoms with van der Waals surface area (Å²) in [6.07, 6.45) is 1.19. The Balaban J connectivity index is 2.18. The van der Waals surface area contributed by atoms with Crippen LogP contribution in [0.4, 0.5) is 10.7 Å². The van der Waals surface area contributed by atoms with E-state index in [1.807, 2.05) is 17.8 Å². The van der Waals surface area contributed by atoms with Crippen LogP contribution in [0.15, 0.2) is 6.07 Å². The van der Waals surface area contributed by atoms with Gasteiger partial charge in [0, 0.05) is 25.9 Å². The molecule has 1 aromatic rings. The molecule has 2 rings (SSSR count). The molecule has 1 fully saturated rings. The Hall–Kier alpha value is -0.880. The number of carbonyl (C=O) groups excluding carboxylic acids is 1. The Morgan fingerprint density at radius 3 is 3.06 bits per heavy atom. The number of hydrogen-bond acceptors (Lipinski definition) is 5. The van der Waals surface area contributed by atoms with Gasteiger partial charge in [-0.1, -0.05) is 0 Å². The molecule has 4 nitrogen and oxygen atoms in total. The third-order valence-electron chi connectivity index (χ3n) is 2.72. The lowest BCUT2D eigenvalue weighted by atomic mass is 10.3. The van der Waals surface area contributed by atoms with E-state index in [0.717, 1.165) is 23.8 Å². The van der Waals surface area contributed by atoms with E-state index in [2.05, 4.69) is 10.2 Å². The van der Waals surface area contributed by atoms with Gasteiger partial charge in [0.15, 0.2) is 0 Å². The number of thiophene rings is 1. The zero-order chi connectivity index (χ0) is 12.3. The molecule has 6 heteroatoms. The van der Waals surface area contributed by atoms with Gasteiger partial charge >= 0.3 is 0 Å². The molecule has 1 aliphatic rings. The molecule has 0 bridgehead atoms. The summed E-state index contributed by atoms with van der Waals surface area (Å²) >= 11 is 3.48. The van der Waals surface area contributed by atoms with Crippen LogP contribution < -0.4 is 16.0 Å². The van der Waals surface area contributed by atoms with Gasteiger partial charge in [0.05, 0.1) is 10.7 Å². The fourth-order valence-corrected chi connectivity index (χ4v) is 3.77. The van der Waals surface area contributed by atoms with Crippen LogP contribution in [0.5, 0.6) is 0 Å². The van der Waals surface area contributed by atoms with Gasteiger partial charge in [0.25, 0.3) is 5.91 Å². The Morgan fingerprint density at radius 1 is 1.47 bits per heavy atom. The van der Waals surface area contributed by atoms with Gasteiger partial charge in [-0.3, -0.25) is 4.79 Å². The lowest BCUT2D eigenvalue weighted by Crippen LogP contribution is -2.24. The standard InChI is InChI=1S/C11H17N3OS2/c1-13-11(15)10-8(12)7-9(17-10)14-3-2-5-16-6-4-14/h7H,2-6,12H2,1H3,(H,13,15). The number of rotatable bonds is 2. The van der Waals surface area contributed by atoms with Crippen LogP contribution in [0.1, 0.15) is 16.1 Å². The molecule has 94 valence electrons. The largest absolute Gasteiger partial charge is 0.397 e. The first kappa shape index (κ1) is 12.6. The predicted molar refractivity (Wildman–Crippen MR) is 76.3 cm³/mol. The molecule has 0 saturated carbocycles. The number of nitrogens with one attached hydrogen (secondary N) is 1.